The summed E-state index contributed by atoms with van der Waals surface area (Å²) in [5.41, 5.74) is 0.906. The van der Waals surface area contributed by atoms with Gasteiger partial charge in [0.25, 0.3) is 0 Å². The Hall–Kier alpha value is -3.10. The van der Waals surface area contributed by atoms with E-state index in [1.54, 1.807) is 20.3 Å². The third-order valence-corrected chi connectivity index (χ3v) is 7.07. The maximum absolute atomic E-state index is 13.1. The van der Waals surface area contributed by atoms with Gasteiger partial charge in [-0.2, -0.15) is 0 Å². The van der Waals surface area contributed by atoms with Crippen molar-refractivity contribution in [2.75, 3.05) is 20.8 Å². The number of carbonyl (C=O) groups excluding carboxylic acids is 2. The van der Waals surface area contributed by atoms with E-state index in [-0.39, 0.29) is 35.9 Å². The Morgan fingerprint density at radius 2 is 1.83 bits per heavy atom. The normalized spacial score (nSPS) is 33.3. The van der Waals surface area contributed by atoms with E-state index in [1.807, 2.05) is 12.1 Å². The van der Waals surface area contributed by atoms with Gasteiger partial charge in [0, 0.05) is 12.5 Å². The molecule has 4 aliphatic rings. The third kappa shape index (κ3) is 2.47. The molecule has 0 spiro atoms. The third-order valence-electron chi connectivity index (χ3n) is 7.07. The summed E-state index contributed by atoms with van der Waals surface area (Å²) in [6.07, 6.45) is 0.723. The molecule has 0 aromatic heterocycles. The average molecular weight is 414 g/mol. The number of carbonyl (C=O) groups is 3. The van der Waals surface area contributed by atoms with Crippen molar-refractivity contribution in [1.29, 1.82) is 0 Å². The van der Waals surface area contributed by atoms with E-state index >= 15 is 0 Å². The first-order chi connectivity index (χ1) is 14.5. The Balaban J connectivity index is 1.33. The lowest BCUT2D eigenvalue weighted by Crippen LogP contribution is -2.42. The van der Waals surface area contributed by atoms with Crippen molar-refractivity contribution in [3.8, 4) is 11.5 Å². The largest absolute Gasteiger partial charge is 0.493 e. The van der Waals surface area contributed by atoms with Crippen molar-refractivity contribution in [3.63, 3.8) is 0 Å². The lowest BCUT2D eigenvalue weighted by Gasteiger charge is -2.29. The zero-order chi connectivity index (χ0) is 21.2. The first kappa shape index (κ1) is 18.9. The molecule has 1 aromatic carbocycles. The molecule has 2 aliphatic carbocycles. The molecule has 9 nitrogen and oxygen atoms in total. The van der Waals surface area contributed by atoms with Crippen LogP contribution in [-0.2, 0) is 25.6 Å². The van der Waals surface area contributed by atoms with Crippen molar-refractivity contribution in [2.24, 2.45) is 34.7 Å². The second-order valence-corrected chi connectivity index (χ2v) is 8.26. The maximum atomic E-state index is 13.1. The number of carboxylic acid groups (broad SMARTS) is 1. The molecule has 30 heavy (non-hydrogen) atoms. The number of ether oxygens (including phenoxy) is 2. The Morgan fingerprint density at radius 3 is 2.50 bits per heavy atom. The van der Waals surface area contributed by atoms with E-state index in [0.717, 1.165) is 5.56 Å². The van der Waals surface area contributed by atoms with Crippen LogP contribution in [-0.4, -0.2) is 60.4 Å². The summed E-state index contributed by atoms with van der Waals surface area (Å²) in [5, 5.41) is 13.1. The maximum Gasteiger partial charge on any atom is 0.354 e. The molecular weight excluding hydrogens is 392 g/mol. The van der Waals surface area contributed by atoms with Crippen molar-refractivity contribution < 1.29 is 33.8 Å². The predicted molar refractivity (Wildman–Crippen MR) is 102 cm³/mol. The summed E-state index contributed by atoms with van der Waals surface area (Å²) < 4.78 is 10.6. The van der Waals surface area contributed by atoms with Crippen LogP contribution in [0.25, 0.3) is 0 Å². The van der Waals surface area contributed by atoms with Crippen LogP contribution in [0.5, 0.6) is 11.5 Å². The molecule has 0 unspecified atom stereocenters. The van der Waals surface area contributed by atoms with Gasteiger partial charge < -0.3 is 19.4 Å². The van der Waals surface area contributed by atoms with Gasteiger partial charge in [0.15, 0.2) is 17.2 Å². The van der Waals surface area contributed by atoms with Crippen LogP contribution < -0.4 is 9.47 Å². The second kappa shape index (κ2) is 6.72. The van der Waals surface area contributed by atoms with Gasteiger partial charge >= 0.3 is 5.97 Å². The molecule has 2 bridgehead atoms. The van der Waals surface area contributed by atoms with Crippen LogP contribution in [0, 0.1) is 29.6 Å². The minimum absolute atomic E-state index is 0.0185. The highest BCUT2D eigenvalue weighted by molar-refractivity contribution is 6.37. The standard InChI is InChI=1S/C21H22N2O7/c1-28-12-4-3-9(7-13(12)29-2)5-6-23-19(24)14-10-8-11(15(14)20(23)25)18-16(10)17(21(26)27)22-30-18/h3-4,7,10-11,14-16,18H,5-6,8H2,1-2H3,(H,26,27)/t10-,11-,14-,15-,16+,18-/m0/s1. The summed E-state index contributed by atoms with van der Waals surface area (Å²) in [4.78, 5) is 44.4. The van der Waals surface area contributed by atoms with Crippen molar-refractivity contribution >= 4 is 23.5 Å². The molecule has 2 heterocycles. The molecule has 0 radical (unpaired) electrons. The number of hydrogen-bond acceptors (Lipinski definition) is 7. The first-order valence-electron chi connectivity index (χ1n) is 9.99. The zero-order valence-corrected chi connectivity index (χ0v) is 16.6. The highest BCUT2D eigenvalue weighted by Crippen LogP contribution is 2.61. The van der Waals surface area contributed by atoms with Crippen molar-refractivity contribution in [1.82, 2.24) is 4.90 Å². The van der Waals surface area contributed by atoms with Crippen LogP contribution in [0.4, 0.5) is 0 Å². The van der Waals surface area contributed by atoms with Crippen molar-refractivity contribution in [2.45, 2.75) is 18.9 Å². The minimum atomic E-state index is -1.12. The number of nitrogens with zero attached hydrogens (tertiary/aromatic N) is 2. The van der Waals surface area contributed by atoms with E-state index in [4.69, 9.17) is 14.3 Å². The van der Waals surface area contributed by atoms with Crippen LogP contribution in [0.3, 0.4) is 0 Å². The Kier molecular flexibility index (Phi) is 4.23. The van der Waals surface area contributed by atoms with Gasteiger partial charge in [-0.05, 0) is 36.5 Å². The number of aliphatic carboxylic acids is 1. The van der Waals surface area contributed by atoms with E-state index in [0.29, 0.717) is 24.3 Å². The van der Waals surface area contributed by atoms with Crippen LogP contribution in [0.1, 0.15) is 12.0 Å². The van der Waals surface area contributed by atoms with Gasteiger partial charge in [0.2, 0.25) is 11.8 Å². The van der Waals surface area contributed by atoms with Gasteiger partial charge in [-0.15, -0.1) is 0 Å². The van der Waals surface area contributed by atoms with Gasteiger partial charge in [-0.25, -0.2) is 4.79 Å². The van der Waals surface area contributed by atoms with Crippen LogP contribution >= 0.6 is 0 Å². The first-order valence-corrected chi connectivity index (χ1v) is 9.99. The number of rotatable bonds is 6. The summed E-state index contributed by atoms with van der Waals surface area (Å²) in [6.45, 7) is 0.273. The molecule has 2 amide bonds. The Morgan fingerprint density at radius 1 is 1.13 bits per heavy atom. The van der Waals surface area contributed by atoms with Gasteiger partial charge in [-0.1, -0.05) is 11.2 Å². The lowest BCUT2D eigenvalue weighted by atomic mass is 9.72. The molecule has 9 heteroatoms. The summed E-state index contributed by atoms with van der Waals surface area (Å²) in [6, 6.07) is 5.51. The fraction of sp³-hybridized carbons (Fsp3) is 0.524. The average Bonchev–Trinajstić information content (AvgIpc) is 3.47. The summed E-state index contributed by atoms with van der Waals surface area (Å²) >= 11 is 0. The zero-order valence-electron chi connectivity index (χ0n) is 16.6. The topological polar surface area (TPSA) is 115 Å². The molecule has 3 fully saturated rings. The lowest BCUT2D eigenvalue weighted by molar-refractivity contribution is -0.141. The van der Waals surface area contributed by atoms with Gasteiger partial charge in [-0.3, -0.25) is 14.5 Å². The number of benzene rings is 1. The number of amides is 2. The van der Waals surface area contributed by atoms with Crippen LogP contribution in [0.15, 0.2) is 23.4 Å². The van der Waals surface area contributed by atoms with Gasteiger partial charge in [0.05, 0.1) is 32.0 Å². The number of likely N-dealkylation sites (tertiary alicyclic amines) is 1. The SMILES string of the molecule is COc1ccc(CCN2C(=O)[C@H]3[C@@H]4C[C@H]([C@@H]5C(C(=O)O)=NO[C@@H]45)[C@@H]3C2=O)cc1OC. The molecule has 1 aromatic rings. The van der Waals surface area contributed by atoms with Crippen molar-refractivity contribution in [3.05, 3.63) is 23.8 Å². The van der Waals surface area contributed by atoms with E-state index in [9.17, 15) is 19.5 Å². The molecule has 6 atom stereocenters. The molecule has 1 saturated heterocycles. The second-order valence-electron chi connectivity index (χ2n) is 8.26. The summed E-state index contributed by atoms with van der Waals surface area (Å²) in [7, 11) is 3.12. The number of oxime groups is 1. The fourth-order valence-corrected chi connectivity index (χ4v) is 5.86. The highest BCUT2D eigenvalue weighted by Gasteiger charge is 2.70. The smallest absolute Gasteiger partial charge is 0.354 e. The number of fused-ring (bicyclic) bond motifs is 8. The molecular formula is C21H22N2O7. The van der Waals surface area contributed by atoms with Gasteiger partial charge in [0.1, 0.15) is 6.10 Å². The van der Waals surface area contributed by atoms with E-state index < -0.39 is 29.8 Å². The molecule has 158 valence electrons. The van der Waals surface area contributed by atoms with Crippen LogP contribution in [0.2, 0.25) is 0 Å². The Labute approximate surface area is 172 Å². The molecule has 1 N–H and O–H groups in total. The van der Waals surface area contributed by atoms with E-state index in [1.165, 1.54) is 4.90 Å². The number of methoxy groups -OCH3 is 2. The predicted octanol–water partition coefficient (Wildman–Crippen LogP) is 0.953. The minimum Gasteiger partial charge on any atom is -0.493 e. The number of carboxylic acids is 1. The highest BCUT2D eigenvalue weighted by atomic mass is 16.6. The Bertz CT molecular complexity index is 974. The number of imide groups is 1. The van der Waals surface area contributed by atoms with E-state index in [2.05, 4.69) is 5.16 Å². The fourth-order valence-electron chi connectivity index (χ4n) is 5.86. The number of hydrogen-bond donors (Lipinski definition) is 1. The summed E-state index contributed by atoms with van der Waals surface area (Å²) in [5.74, 6) is -1.96. The quantitative estimate of drug-likeness (QED) is 0.689. The monoisotopic (exact) mass is 414 g/mol. The molecule has 2 aliphatic heterocycles. The molecule has 2 saturated carbocycles. The molecule has 5 rings (SSSR count).